The van der Waals surface area contributed by atoms with E-state index in [0.29, 0.717) is 36.5 Å². The third-order valence-corrected chi connectivity index (χ3v) is 5.14. The van der Waals surface area contributed by atoms with Gasteiger partial charge in [-0.2, -0.15) is 5.26 Å². The van der Waals surface area contributed by atoms with Gasteiger partial charge in [0.1, 0.15) is 6.07 Å². The molecular weight excluding hydrogens is 357 g/mol. The van der Waals surface area contributed by atoms with Gasteiger partial charge in [0.05, 0.1) is 5.56 Å². The second-order valence-corrected chi connectivity index (χ2v) is 6.87. The van der Waals surface area contributed by atoms with E-state index in [-0.39, 0.29) is 5.91 Å². The van der Waals surface area contributed by atoms with Crippen molar-refractivity contribution in [1.82, 2.24) is 9.88 Å². The molecule has 2 aromatic rings. The van der Waals surface area contributed by atoms with Crippen molar-refractivity contribution in [3.8, 4) is 6.07 Å². The largest absolute Gasteiger partial charge is 0.338 e. The molecule has 0 spiro atoms. The summed E-state index contributed by atoms with van der Waals surface area (Å²) in [5.41, 5.74) is 3.45. The number of carbonyl (C=O) groups is 1. The van der Waals surface area contributed by atoms with E-state index in [9.17, 15) is 4.79 Å². The number of halogens is 2. The van der Waals surface area contributed by atoms with Crippen LogP contribution in [0.15, 0.2) is 30.5 Å². The predicted molar refractivity (Wildman–Crippen MR) is 97.5 cm³/mol. The molecule has 0 aliphatic carbocycles. The van der Waals surface area contributed by atoms with Gasteiger partial charge in [-0.05, 0) is 54.7 Å². The highest BCUT2D eigenvalue weighted by Gasteiger charge is 2.23. The lowest BCUT2D eigenvalue weighted by molar-refractivity contribution is -0.132. The Balaban J connectivity index is 1.55. The molecule has 1 aromatic heterocycles. The summed E-state index contributed by atoms with van der Waals surface area (Å²) in [5.74, 6) is 0.121. The third-order valence-electron chi connectivity index (χ3n) is 4.43. The average Bonchev–Trinajstić information content (AvgIpc) is 2.65. The van der Waals surface area contributed by atoms with Crippen LogP contribution in [0, 0.1) is 11.3 Å². The molecule has 25 heavy (non-hydrogen) atoms. The number of aryl methyl sites for hydroxylation is 1. The van der Waals surface area contributed by atoms with Gasteiger partial charge in [-0.3, -0.25) is 9.78 Å². The van der Waals surface area contributed by atoms with Gasteiger partial charge in [-0.1, -0.05) is 23.2 Å². The van der Waals surface area contributed by atoms with Crippen LogP contribution < -0.4 is 0 Å². The maximum absolute atomic E-state index is 12.5. The first kappa shape index (κ1) is 17.7. The Hall–Kier alpha value is -2.09. The molecule has 3 rings (SSSR count). The number of nitriles is 1. The van der Waals surface area contributed by atoms with Crippen LogP contribution in [-0.2, 0) is 24.2 Å². The minimum Gasteiger partial charge on any atom is -0.338 e. The van der Waals surface area contributed by atoms with Gasteiger partial charge in [0, 0.05) is 41.4 Å². The zero-order chi connectivity index (χ0) is 17.8. The highest BCUT2D eigenvalue weighted by Crippen LogP contribution is 2.31. The molecule has 6 heteroatoms. The number of hydrogen-bond acceptors (Lipinski definition) is 3. The second-order valence-electron chi connectivity index (χ2n) is 6.06. The van der Waals surface area contributed by atoms with Crippen LogP contribution in [0.25, 0.3) is 0 Å². The first-order valence-corrected chi connectivity index (χ1v) is 8.92. The van der Waals surface area contributed by atoms with Gasteiger partial charge in [0.15, 0.2) is 0 Å². The Morgan fingerprint density at radius 2 is 1.96 bits per heavy atom. The maximum Gasteiger partial charge on any atom is 0.222 e. The lowest BCUT2D eigenvalue weighted by atomic mass is 9.99. The van der Waals surface area contributed by atoms with Crippen molar-refractivity contribution in [2.45, 2.75) is 32.2 Å². The maximum atomic E-state index is 12.5. The molecule has 1 aliphatic heterocycles. The number of hydrogen-bond donors (Lipinski definition) is 0. The van der Waals surface area contributed by atoms with Gasteiger partial charge in [0.25, 0.3) is 0 Å². The first-order chi connectivity index (χ1) is 12.1. The van der Waals surface area contributed by atoms with E-state index >= 15 is 0 Å². The van der Waals surface area contributed by atoms with Crippen LogP contribution in [0.2, 0.25) is 10.0 Å². The van der Waals surface area contributed by atoms with Crippen LogP contribution in [0.3, 0.4) is 0 Å². The highest BCUT2D eigenvalue weighted by atomic mass is 35.5. The smallest absolute Gasteiger partial charge is 0.222 e. The lowest BCUT2D eigenvalue weighted by Crippen LogP contribution is -2.36. The minimum absolute atomic E-state index is 0.121. The molecule has 1 aliphatic rings. The van der Waals surface area contributed by atoms with E-state index in [0.717, 1.165) is 34.7 Å². The van der Waals surface area contributed by atoms with E-state index in [1.165, 1.54) is 0 Å². The number of fused-ring (bicyclic) bond motifs is 1. The van der Waals surface area contributed by atoms with Crippen molar-refractivity contribution in [2.24, 2.45) is 0 Å². The summed E-state index contributed by atoms with van der Waals surface area (Å²) in [6.07, 6.45) is 4.20. The topological polar surface area (TPSA) is 57.0 Å². The van der Waals surface area contributed by atoms with Crippen molar-refractivity contribution >= 4 is 29.1 Å². The average molecular weight is 374 g/mol. The summed E-state index contributed by atoms with van der Waals surface area (Å²) in [5, 5.41) is 10.2. The molecule has 0 bridgehead atoms. The van der Waals surface area contributed by atoms with Crippen molar-refractivity contribution in [2.75, 3.05) is 6.54 Å². The number of nitrogens with zero attached hydrogens (tertiary/aromatic N) is 3. The summed E-state index contributed by atoms with van der Waals surface area (Å²) in [6, 6.07) is 9.22. The number of benzene rings is 1. The molecule has 0 radical (unpaired) electrons. The Labute approximate surface area is 157 Å². The molecule has 1 aromatic carbocycles. The lowest BCUT2D eigenvalue weighted by Gasteiger charge is -2.30. The quantitative estimate of drug-likeness (QED) is 0.807. The highest BCUT2D eigenvalue weighted by molar-refractivity contribution is 6.34. The molecule has 128 valence electrons. The summed E-state index contributed by atoms with van der Waals surface area (Å²) in [7, 11) is 0. The number of carbonyl (C=O) groups excluding carboxylic acids is 1. The van der Waals surface area contributed by atoms with Crippen LogP contribution >= 0.6 is 23.2 Å². The molecule has 0 atom stereocenters. The molecule has 4 nitrogen and oxygen atoms in total. The Bertz CT molecular complexity index is 828. The van der Waals surface area contributed by atoms with Crippen LogP contribution in [-0.4, -0.2) is 22.3 Å². The Morgan fingerprint density at radius 1 is 1.20 bits per heavy atom. The zero-order valence-corrected chi connectivity index (χ0v) is 15.1. The molecule has 0 fully saturated rings. The van der Waals surface area contributed by atoms with E-state index in [1.54, 1.807) is 18.3 Å². The van der Waals surface area contributed by atoms with Gasteiger partial charge in [0.2, 0.25) is 5.91 Å². The third kappa shape index (κ3) is 4.12. The molecule has 2 heterocycles. The fraction of sp³-hybridized carbons (Fsp3) is 0.316. The fourth-order valence-corrected chi connectivity index (χ4v) is 3.53. The van der Waals surface area contributed by atoms with Crippen molar-refractivity contribution in [3.63, 3.8) is 0 Å². The zero-order valence-electron chi connectivity index (χ0n) is 13.6. The molecule has 0 saturated carbocycles. The van der Waals surface area contributed by atoms with E-state index in [4.69, 9.17) is 28.5 Å². The fourth-order valence-electron chi connectivity index (χ4n) is 3.02. The van der Waals surface area contributed by atoms with E-state index in [2.05, 4.69) is 4.98 Å². The van der Waals surface area contributed by atoms with Gasteiger partial charge in [-0.15, -0.1) is 0 Å². The summed E-state index contributed by atoms with van der Waals surface area (Å²) < 4.78 is 0. The number of pyridine rings is 1. The van der Waals surface area contributed by atoms with Crippen molar-refractivity contribution in [1.29, 1.82) is 5.26 Å². The number of amides is 1. The van der Waals surface area contributed by atoms with Gasteiger partial charge >= 0.3 is 0 Å². The first-order valence-electron chi connectivity index (χ1n) is 8.17. The molecule has 0 N–H and O–H groups in total. The standard InChI is InChI=1S/C19H17Cl2N3O/c20-17-6-7-18(21)16-12-24(9-8-15(16)17)19(25)3-1-2-14-5-4-13(10-22)11-23-14/h4-7,11H,1-3,8-9,12H2. The van der Waals surface area contributed by atoms with Crippen LogP contribution in [0.1, 0.15) is 35.2 Å². The molecular formula is C19H17Cl2N3O. The molecule has 0 unspecified atom stereocenters. The van der Waals surface area contributed by atoms with Gasteiger partial charge in [-0.25, -0.2) is 0 Å². The monoisotopic (exact) mass is 373 g/mol. The van der Waals surface area contributed by atoms with Crippen LogP contribution in [0.5, 0.6) is 0 Å². The Morgan fingerprint density at radius 3 is 2.64 bits per heavy atom. The summed E-state index contributed by atoms with van der Waals surface area (Å²) in [4.78, 5) is 18.6. The van der Waals surface area contributed by atoms with Crippen molar-refractivity contribution < 1.29 is 4.79 Å². The van der Waals surface area contributed by atoms with E-state index < -0.39 is 0 Å². The summed E-state index contributed by atoms with van der Waals surface area (Å²) in [6.45, 7) is 1.18. The minimum atomic E-state index is 0.121. The normalized spacial score (nSPS) is 13.2. The second kappa shape index (κ2) is 7.86. The number of aromatic nitrogens is 1. The SMILES string of the molecule is N#Cc1ccc(CCCC(=O)N2CCc3c(Cl)ccc(Cl)c3C2)nc1. The van der Waals surface area contributed by atoms with E-state index in [1.807, 2.05) is 23.1 Å². The molecule has 1 amide bonds. The number of rotatable bonds is 4. The Kier molecular flexibility index (Phi) is 5.57. The molecule has 0 saturated heterocycles. The van der Waals surface area contributed by atoms with Crippen LogP contribution in [0.4, 0.5) is 0 Å². The van der Waals surface area contributed by atoms with Gasteiger partial charge < -0.3 is 4.90 Å². The predicted octanol–water partition coefficient (Wildman–Crippen LogP) is 4.17. The van der Waals surface area contributed by atoms with Crippen molar-refractivity contribution in [3.05, 3.63) is 62.9 Å². The summed E-state index contributed by atoms with van der Waals surface area (Å²) >= 11 is 12.5.